The third-order valence-corrected chi connectivity index (χ3v) is 2.08. The van der Waals surface area contributed by atoms with E-state index in [1.165, 1.54) is 0 Å². The molecule has 10 heavy (non-hydrogen) atoms. The molecule has 1 saturated carbocycles. The minimum absolute atomic E-state index is 0.221. The second kappa shape index (κ2) is 2.87. The fourth-order valence-corrected chi connectivity index (χ4v) is 0.933. The highest BCUT2D eigenvalue weighted by atomic mass is 19.1. The third kappa shape index (κ3) is 1.69. The van der Waals surface area contributed by atoms with Crippen molar-refractivity contribution < 1.29 is 9.13 Å². The number of alkyl halides is 1. The van der Waals surface area contributed by atoms with Crippen molar-refractivity contribution in [1.29, 1.82) is 0 Å². The van der Waals surface area contributed by atoms with Crippen LogP contribution in [-0.2, 0) is 4.74 Å². The van der Waals surface area contributed by atoms with Crippen LogP contribution in [0.25, 0.3) is 0 Å². The second-order valence-electron chi connectivity index (χ2n) is 3.15. The van der Waals surface area contributed by atoms with E-state index in [-0.39, 0.29) is 18.4 Å². The van der Waals surface area contributed by atoms with Crippen LogP contribution in [0.2, 0.25) is 0 Å². The van der Waals surface area contributed by atoms with Gasteiger partial charge in [-0.15, -0.1) is 0 Å². The lowest BCUT2D eigenvalue weighted by molar-refractivity contribution is -0.0343. The molecule has 0 radical (unpaired) electrons. The van der Waals surface area contributed by atoms with E-state index in [2.05, 4.69) is 6.92 Å². The Hall–Kier alpha value is -0.110. The molecular formula is C8H15FO. The molecule has 0 aromatic rings. The molecule has 0 N–H and O–H groups in total. The molecule has 0 amide bonds. The highest BCUT2D eigenvalue weighted by Gasteiger charge is 2.45. The topological polar surface area (TPSA) is 9.23 Å². The van der Waals surface area contributed by atoms with Gasteiger partial charge < -0.3 is 4.74 Å². The summed E-state index contributed by atoms with van der Waals surface area (Å²) in [6.07, 6.45) is 3.02. The van der Waals surface area contributed by atoms with E-state index in [9.17, 15) is 4.39 Å². The lowest BCUT2D eigenvalue weighted by Crippen LogP contribution is -2.22. The average Bonchev–Trinajstić information content (AvgIpc) is 2.70. The summed E-state index contributed by atoms with van der Waals surface area (Å²) >= 11 is 0. The van der Waals surface area contributed by atoms with E-state index in [1.807, 2.05) is 6.92 Å². The van der Waals surface area contributed by atoms with E-state index in [0.29, 0.717) is 0 Å². The fourth-order valence-electron chi connectivity index (χ4n) is 0.933. The Labute approximate surface area is 61.6 Å². The molecule has 0 spiro atoms. The van der Waals surface area contributed by atoms with Gasteiger partial charge in [-0.25, -0.2) is 4.39 Å². The van der Waals surface area contributed by atoms with Crippen molar-refractivity contribution in [2.75, 3.05) is 6.67 Å². The van der Waals surface area contributed by atoms with E-state index in [4.69, 9.17) is 4.74 Å². The molecule has 60 valence electrons. The first-order valence-electron chi connectivity index (χ1n) is 3.96. The number of halogens is 1. The standard InChI is InChI=1S/C8H15FO/c1-3-7(2)10-8(6-9)4-5-8/h7H,3-6H2,1-2H3. The zero-order valence-electron chi connectivity index (χ0n) is 6.69. The Morgan fingerprint density at radius 2 is 2.20 bits per heavy atom. The fraction of sp³-hybridized carbons (Fsp3) is 1.00. The maximum atomic E-state index is 12.2. The van der Waals surface area contributed by atoms with Gasteiger partial charge in [0.25, 0.3) is 0 Å². The minimum Gasteiger partial charge on any atom is -0.369 e. The third-order valence-electron chi connectivity index (χ3n) is 2.08. The Morgan fingerprint density at radius 1 is 1.60 bits per heavy atom. The molecule has 0 heterocycles. The van der Waals surface area contributed by atoms with Gasteiger partial charge in [0.15, 0.2) is 0 Å². The number of ether oxygens (including phenoxy) is 1. The molecule has 1 aliphatic rings. The molecule has 1 aliphatic carbocycles. The number of hydrogen-bond acceptors (Lipinski definition) is 1. The molecule has 0 saturated heterocycles. The van der Waals surface area contributed by atoms with Crippen LogP contribution in [0.1, 0.15) is 33.1 Å². The second-order valence-corrected chi connectivity index (χ2v) is 3.15. The Bertz CT molecular complexity index is 110. The molecule has 1 rings (SSSR count). The van der Waals surface area contributed by atoms with Crippen LogP contribution in [0.4, 0.5) is 4.39 Å². The van der Waals surface area contributed by atoms with Gasteiger partial charge in [0.1, 0.15) is 6.67 Å². The summed E-state index contributed by atoms with van der Waals surface area (Å²) < 4.78 is 17.7. The molecule has 0 aliphatic heterocycles. The Kier molecular flexibility index (Phi) is 2.29. The normalized spacial score (nSPS) is 24.3. The summed E-state index contributed by atoms with van der Waals surface area (Å²) in [5, 5.41) is 0. The van der Waals surface area contributed by atoms with Crippen molar-refractivity contribution in [2.24, 2.45) is 0 Å². The summed E-state index contributed by atoms with van der Waals surface area (Å²) in [5.74, 6) is 0. The molecule has 0 aromatic carbocycles. The van der Waals surface area contributed by atoms with Crippen LogP contribution in [0.15, 0.2) is 0 Å². The van der Waals surface area contributed by atoms with Crippen LogP contribution in [-0.4, -0.2) is 18.4 Å². The van der Waals surface area contributed by atoms with Gasteiger partial charge >= 0.3 is 0 Å². The lowest BCUT2D eigenvalue weighted by Gasteiger charge is -2.17. The lowest BCUT2D eigenvalue weighted by atomic mass is 10.3. The summed E-state index contributed by atoms with van der Waals surface area (Å²) in [7, 11) is 0. The molecular weight excluding hydrogens is 131 g/mol. The number of rotatable bonds is 4. The minimum atomic E-state index is -0.352. The van der Waals surface area contributed by atoms with Crippen molar-refractivity contribution in [2.45, 2.75) is 44.8 Å². The molecule has 1 atom stereocenters. The van der Waals surface area contributed by atoms with Crippen molar-refractivity contribution in [3.63, 3.8) is 0 Å². The van der Waals surface area contributed by atoms with Crippen molar-refractivity contribution in [3.8, 4) is 0 Å². The van der Waals surface area contributed by atoms with Crippen LogP contribution in [0, 0.1) is 0 Å². The van der Waals surface area contributed by atoms with Crippen LogP contribution in [0.5, 0.6) is 0 Å². The van der Waals surface area contributed by atoms with Crippen molar-refractivity contribution in [1.82, 2.24) is 0 Å². The summed E-state index contributed by atoms with van der Waals surface area (Å²) in [6, 6.07) is 0. The first-order valence-corrected chi connectivity index (χ1v) is 3.96. The zero-order chi connectivity index (χ0) is 7.61. The van der Waals surface area contributed by atoms with E-state index >= 15 is 0 Å². The summed E-state index contributed by atoms with van der Waals surface area (Å²) in [5.41, 5.74) is -0.352. The molecule has 1 fully saturated rings. The highest BCUT2D eigenvalue weighted by molar-refractivity contribution is 4.95. The zero-order valence-corrected chi connectivity index (χ0v) is 6.69. The Balaban J connectivity index is 2.23. The first-order chi connectivity index (χ1) is 4.72. The largest absolute Gasteiger partial charge is 0.369 e. The summed E-state index contributed by atoms with van der Waals surface area (Å²) in [6.45, 7) is 3.74. The average molecular weight is 146 g/mol. The first kappa shape index (κ1) is 7.99. The summed E-state index contributed by atoms with van der Waals surface area (Å²) in [4.78, 5) is 0. The van der Waals surface area contributed by atoms with Gasteiger partial charge in [0.05, 0.1) is 11.7 Å². The molecule has 0 bridgehead atoms. The van der Waals surface area contributed by atoms with Gasteiger partial charge in [-0.3, -0.25) is 0 Å². The quantitative estimate of drug-likeness (QED) is 0.591. The highest BCUT2D eigenvalue weighted by Crippen LogP contribution is 2.41. The van der Waals surface area contributed by atoms with E-state index in [0.717, 1.165) is 19.3 Å². The maximum absolute atomic E-state index is 12.2. The molecule has 1 nitrogen and oxygen atoms in total. The molecule has 1 unspecified atom stereocenters. The number of hydrogen-bond donors (Lipinski definition) is 0. The molecule has 0 aromatic heterocycles. The predicted molar refractivity (Wildman–Crippen MR) is 38.8 cm³/mol. The molecule has 2 heteroatoms. The van der Waals surface area contributed by atoms with E-state index < -0.39 is 0 Å². The monoisotopic (exact) mass is 146 g/mol. The maximum Gasteiger partial charge on any atom is 0.118 e. The van der Waals surface area contributed by atoms with Gasteiger partial charge in [-0.1, -0.05) is 6.92 Å². The van der Waals surface area contributed by atoms with E-state index in [1.54, 1.807) is 0 Å². The van der Waals surface area contributed by atoms with Crippen LogP contribution in [0.3, 0.4) is 0 Å². The Morgan fingerprint density at radius 3 is 2.50 bits per heavy atom. The van der Waals surface area contributed by atoms with Gasteiger partial charge in [0, 0.05) is 0 Å². The van der Waals surface area contributed by atoms with Gasteiger partial charge in [-0.05, 0) is 26.2 Å². The predicted octanol–water partition coefficient (Wildman–Crippen LogP) is 2.30. The SMILES string of the molecule is CCC(C)OC1(CF)CC1. The van der Waals surface area contributed by atoms with Crippen molar-refractivity contribution in [3.05, 3.63) is 0 Å². The van der Waals surface area contributed by atoms with Gasteiger partial charge in [0.2, 0.25) is 0 Å². The van der Waals surface area contributed by atoms with Crippen molar-refractivity contribution >= 4 is 0 Å². The van der Waals surface area contributed by atoms with Gasteiger partial charge in [-0.2, -0.15) is 0 Å². The van der Waals surface area contributed by atoms with Crippen LogP contribution >= 0.6 is 0 Å². The van der Waals surface area contributed by atoms with Crippen LogP contribution < -0.4 is 0 Å². The smallest absolute Gasteiger partial charge is 0.118 e.